The fraction of sp³-hybridized carbons (Fsp3) is 0.250. The molecule has 0 saturated heterocycles. The topological polar surface area (TPSA) is 105 Å². The molecule has 0 amide bonds. The Hall–Kier alpha value is -2.18. The lowest BCUT2D eigenvalue weighted by molar-refractivity contribution is 0.789. The number of hydrogen-bond acceptors (Lipinski definition) is 6. The molecule has 2 rings (SSSR count). The standard InChI is InChI=1S/C8H11N7/c1-5(7-12-4-13-15-7)14-8-6(9)10-2-3-11-8/h2-5H,1H3,(H2,9,10)(H,11,14)(H,12,13,15). The number of H-pyrrole nitrogens is 1. The van der Waals surface area contributed by atoms with Gasteiger partial charge in [-0.15, -0.1) is 0 Å². The van der Waals surface area contributed by atoms with E-state index in [2.05, 4.69) is 30.5 Å². The summed E-state index contributed by atoms with van der Waals surface area (Å²) >= 11 is 0. The third kappa shape index (κ3) is 2.01. The highest BCUT2D eigenvalue weighted by Gasteiger charge is 2.10. The van der Waals surface area contributed by atoms with E-state index in [0.717, 1.165) is 5.82 Å². The summed E-state index contributed by atoms with van der Waals surface area (Å²) < 4.78 is 0. The maximum atomic E-state index is 5.64. The van der Waals surface area contributed by atoms with E-state index in [1.54, 1.807) is 12.4 Å². The Bertz CT molecular complexity index is 424. The fourth-order valence-corrected chi connectivity index (χ4v) is 1.16. The van der Waals surface area contributed by atoms with Gasteiger partial charge in [0.1, 0.15) is 12.2 Å². The molecule has 1 atom stereocenters. The monoisotopic (exact) mass is 205 g/mol. The summed E-state index contributed by atoms with van der Waals surface area (Å²) in [6.45, 7) is 1.93. The Morgan fingerprint density at radius 3 is 2.80 bits per heavy atom. The van der Waals surface area contributed by atoms with Crippen molar-refractivity contribution in [3.05, 3.63) is 24.5 Å². The summed E-state index contributed by atoms with van der Waals surface area (Å²) in [5.74, 6) is 1.63. The zero-order valence-electron chi connectivity index (χ0n) is 8.18. The fourth-order valence-electron chi connectivity index (χ4n) is 1.16. The highest BCUT2D eigenvalue weighted by Crippen LogP contribution is 2.16. The van der Waals surface area contributed by atoms with Gasteiger partial charge in [0.25, 0.3) is 0 Å². The van der Waals surface area contributed by atoms with Crippen molar-refractivity contribution in [3.8, 4) is 0 Å². The first-order chi connectivity index (χ1) is 7.27. The van der Waals surface area contributed by atoms with E-state index in [9.17, 15) is 0 Å². The van der Waals surface area contributed by atoms with Crippen molar-refractivity contribution >= 4 is 11.6 Å². The van der Waals surface area contributed by atoms with Crippen LogP contribution >= 0.6 is 0 Å². The van der Waals surface area contributed by atoms with Gasteiger partial charge in [-0.3, -0.25) is 5.10 Å². The predicted molar refractivity (Wildman–Crippen MR) is 54.9 cm³/mol. The highest BCUT2D eigenvalue weighted by atomic mass is 15.2. The number of nitrogens with two attached hydrogens (primary N) is 1. The summed E-state index contributed by atoms with van der Waals surface area (Å²) in [7, 11) is 0. The summed E-state index contributed by atoms with van der Waals surface area (Å²) in [5.41, 5.74) is 5.64. The zero-order valence-corrected chi connectivity index (χ0v) is 8.18. The lowest BCUT2D eigenvalue weighted by atomic mass is 10.3. The van der Waals surface area contributed by atoms with Crippen LogP contribution in [0.25, 0.3) is 0 Å². The maximum Gasteiger partial charge on any atom is 0.169 e. The van der Waals surface area contributed by atoms with Crippen LogP contribution in [0.1, 0.15) is 18.8 Å². The Morgan fingerprint density at radius 2 is 2.13 bits per heavy atom. The lowest BCUT2D eigenvalue weighted by Gasteiger charge is -2.12. The minimum absolute atomic E-state index is 0.0495. The molecule has 2 aromatic heterocycles. The van der Waals surface area contributed by atoms with Gasteiger partial charge in [-0.05, 0) is 6.92 Å². The van der Waals surface area contributed by atoms with E-state index in [-0.39, 0.29) is 6.04 Å². The van der Waals surface area contributed by atoms with Crippen LogP contribution in [0, 0.1) is 0 Å². The number of aromatic amines is 1. The van der Waals surface area contributed by atoms with Crippen molar-refractivity contribution in [2.45, 2.75) is 13.0 Å². The van der Waals surface area contributed by atoms with Gasteiger partial charge in [0.05, 0.1) is 6.04 Å². The van der Waals surface area contributed by atoms with E-state index in [1.807, 2.05) is 6.92 Å². The molecular formula is C8H11N7. The molecule has 78 valence electrons. The van der Waals surface area contributed by atoms with Crippen molar-refractivity contribution in [2.75, 3.05) is 11.1 Å². The number of aromatic nitrogens is 5. The normalized spacial score (nSPS) is 12.3. The third-order valence-corrected chi connectivity index (χ3v) is 1.92. The molecule has 15 heavy (non-hydrogen) atoms. The van der Waals surface area contributed by atoms with Gasteiger partial charge >= 0.3 is 0 Å². The molecule has 0 fully saturated rings. The number of nitrogens with zero attached hydrogens (tertiary/aromatic N) is 4. The van der Waals surface area contributed by atoms with Crippen molar-refractivity contribution in [2.24, 2.45) is 0 Å². The molecule has 0 aliphatic rings. The van der Waals surface area contributed by atoms with Crippen molar-refractivity contribution in [1.82, 2.24) is 25.1 Å². The minimum atomic E-state index is -0.0495. The molecule has 7 heteroatoms. The van der Waals surface area contributed by atoms with E-state index >= 15 is 0 Å². The molecule has 0 saturated carbocycles. The molecule has 4 N–H and O–H groups in total. The van der Waals surface area contributed by atoms with Crippen LogP contribution in [0.4, 0.5) is 11.6 Å². The third-order valence-electron chi connectivity index (χ3n) is 1.92. The van der Waals surface area contributed by atoms with Crippen LogP contribution < -0.4 is 11.1 Å². The van der Waals surface area contributed by atoms with Crippen LogP contribution in [0.3, 0.4) is 0 Å². The molecule has 0 radical (unpaired) electrons. The molecule has 1 unspecified atom stereocenters. The number of anilines is 2. The van der Waals surface area contributed by atoms with E-state index in [4.69, 9.17) is 5.73 Å². The molecular weight excluding hydrogens is 194 g/mol. The van der Waals surface area contributed by atoms with Gasteiger partial charge < -0.3 is 11.1 Å². The summed E-state index contributed by atoms with van der Waals surface area (Å²) in [4.78, 5) is 12.0. The van der Waals surface area contributed by atoms with Crippen LogP contribution in [0.5, 0.6) is 0 Å². The largest absolute Gasteiger partial charge is 0.381 e. The quantitative estimate of drug-likeness (QED) is 0.667. The van der Waals surface area contributed by atoms with Gasteiger partial charge in [0.15, 0.2) is 11.6 Å². The second kappa shape index (κ2) is 3.91. The Morgan fingerprint density at radius 1 is 1.33 bits per heavy atom. The maximum absolute atomic E-state index is 5.64. The Balaban J connectivity index is 2.13. The average Bonchev–Trinajstić information content (AvgIpc) is 2.74. The van der Waals surface area contributed by atoms with Gasteiger partial charge in [-0.2, -0.15) is 5.10 Å². The second-order valence-corrected chi connectivity index (χ2v) is 3.03. The molecule has 0 aliphatic carbocycles. The van der Waals surface area contributed by atoms with Crippen molar-refractivity contribution < 1.29 is 0 Å². The number of nitrogen functional groups attached to an aromatic ring is 1. The van der Waals surface area contributed by atoms with Crippen LogP contribution in [-0.4, -0.2) is 25.1 Å². The van der Waals surface area contributed by atoms with Crippen molar-refractivity contribution in [3.63, 3.8) is 0 Å². The molecule has 0 aromatic carbocycles. The SMILES string of the molecule is CC(Nc1nccnc1N)c1ncn[nH]1. The molecule has 2 aromatic rings. The number of nitrogens with one attached hydrogen (secondary N) is 2. The average molecular weight is 205 g/mol. The number of rotatable bonds is 3. The summed E-state index contributed by atoms with van der Waals surface area (Å²) in [6.07, 6.45) is 4.57. The predicted octanol–water partition coefficient (Wildman–Crippen LogP) is 0.350. The lowest BCUT2D eigenvalue weighted by Crippen LogP contribution is -2.11. The zero-order chi connectivity index (χ0) is 10.7. The molecule has 7 nitrogen and oxygen atoms in total. The summed E-state index contributed by atoms with van der Waals surface area (Å²) in [5, 5.41) is 9.61. The van der Waals surface area contributed by atoms with Crippen LogP contribution in [0.15, 0.2) is 18.7 Å². The van der Waals surface area contributed by atoms with Crippen LogP contribution in [-0.2, 0) is 0 Å². The van der Waals surface area contributed by atoms with Gasteiger partial charge in [-0.25, -0.2) is 15.0 Å². The van der Waals surface area contributed by atoms with Crippen molar-refractivity contribution in [1.29, 1.82) is 0 Å². The second-order valence-electron chi connectivity index (χ2n) is 3.03. The molecule has 0 bridgehead atoms. The van der Waals surface area contributed by atoms with E-state index in [0.29, 0.717) is 11.6 Å². The first kappa shape index (κ1) is 9.38. The Kier molecular flexibility index (Phi) is 2.44. The van der Waals surface area contributed by atoms with Gasteiger partial charge in [0.2, 0.25) is 0 Å². The highest BCUT2D eigenvalue weighted by molar-refractivity contribution is 5.55. The van der Waals surface area contributed by atoms with E-state index in [1.165, 1.54) is 6.33 Å². The molecule has 2 heterocycles. The first-order valence-corrected chi connectivity index (χ1v) is 4.45. The van der Waals surface area contributed by atoms with Gasteiger partial charge in [0, 0.05) is 12.4 Å². The van der Waals surface area contributed by atoms with Crippen LogP contribution in [0.2, 0.25) is 0 Å². The Labute approximate surface area is 86.2 Å². The van der Waals surface area contributed by atoms with Gasteiger partial charge in [-0.1, -0.05) is 0 Å². The summed E-state index contributed by atoms with van der Waals surface area (Å²) in [6, 6.07) is -0.0495. The molecule has 0 spiro atoms. The molecule has 0 aliphatic heterocycles. The smallest absolute Gasteiger partial charge is 0.169 e. The first-order valence-electron chi connectivity index (χ1n) is 4.45. The minimum Gasteiger partial charge on any atom is -0.381 e. The van der Waals surface area contributed by atoms with E-state index < -0.39 is 0 Å². The number of hydrogen-bond donors (Lipinski definition) is 3.